The predicted molar refractivity (Wildman–Crippen MR) is 81.6 cm³/mol. The molecule has 119 valence electrons. The third-order valence-electron chi connectivity index (χ3n) is 3.58. The van der Waals surface area contributed by atoms with Crippen LogP contribution in [0.2, 0.25) is 0 Å². The first-order valence-corrected chi connectivity index (χ1v) is 7.05. The minimum atomic E-state index is -0.810. The Kier molecular flexibility index (Phi) is 6.71. The minimum Gasteiger partial charge on any atom is -0.392 e. The van der Waals surface area contributed by atoms with Crippen molar-refractivity contribution in [2.24, 2.45) is 16.4 Å². The monoisotopic (exact) mass is 435 g/mol. The molecule has 0 aliphatic carbocycles. The minimum absolute atomic E-state index is 0. The van der Waals surface area contributed by atoms with Gasteiger partial charge >= 0.3 is 0 Å². The van der Waals surface area contributed by atoms with Gasteiger partial charge in [0.25, 0.3) is 0 Å². The molecule has 1 aromatic carbocycles. The Hall–Kier alpha value is -0.104. The van der Waals surface area contributed by atoms with Crippen LogP contribution in [0.5, 0.6) is 0 Å². The summed E-state index contributed by atoms with van der Waals surface area (Å²) in [5, 5.41) is 26.9. The van der Waals surface area contributed by atoms with Gasteiger partial charge in [0, 0.05) is 44.3 Å². The van der Waals surface area contributed by atoms with Crippen LogP contribution in [0.15, 0.2) is 35.4 Å². The quantitative estimate of drug-likeness (QED) is 0.768. The van der Waals surface area contributed by atoms with Crippen LogP contribution in [0, 0.1) is 49.9 Å². The van der Waals surface area contributed by atoms with E-state index >= 15 is 0 Å². The zero-order chi connectivity index (χ0) is 14.9. The molecule has 4 nitrogen and oxygen atoms in total. The van der Waals surface area contributed by atoms with Crippen LogP contribution >= 0.6 is 0 Å². The maximum absolute atomic E-state index is 10.5. The third-order valence-corrected chi connectivity index (χ3v) is 3.58. The summed E-state index contributed by atoms with van der Waals surface area (Å²) in [6.07, 6.45) is -0.776. The summed E-state index contributed by atoms with van der Waals surface area (Å²) in [5.74, 6) is -0.338. The zero-order valence-corrected chi connectivity index (χ0v) is 15.1. The topological polar surface area (TPSA) is 56.1 Å². The maximum atomic E-state index is 10.5. The van der Waals surface area contributed by atoms with Crippen LogP contribution < -0.4 is 5.01 Å². The van der Waals surface area contributed by atoms with Crippen molar-refractivity contribution in [3.05, 3.63) is 30.3 Å². The fourth-order valence-electron chi connectivity index (χ4n) is 2.69. The van der Waals surface area contributed by atoms with Crippen molar-refractivity contribution in [1.82, 2.24) is 0 Å². The molecule has 0 bridgehead atoms. The number of nitrogens with zero attached hydrogens (tertiary/aromatic N) is 2. The molecule has 5 heteroatoms. The normalized spacial score (nSPS) is 23.5. The second kappa shape index (κ2) is 7.44. The van der Waals surface area contributed by atoms with Gasteiger partial charge in [-0.15, -0.1) is 0 Å². The van der Waals surface area contributed by atoms with E-state index in [1.807, 2.05) is 37.3 Å². The Morgan fingerprint density at radius 3 is 2.33 bits per heavy atom. The van der Waals surface area contributed by atoms with Crippen molar-refractivity contribution < 1.29 is 48.8 Å². The molecule has 0 fully saturated rings. The van der Waals surface area contributed by atoms with Gasteiger partial charge < -0.3 is 10.2 Å². The number of aliphatic hydroxyl groups excluding tert-OH is 2. The van der Waals surface area contributed by atoms with E-state index in [0.717, 1.165) is 11.4 Å². The molecule has 3 atom stereocenters. The predicted octanol–water partition coefficient (Wildman–Crippen LogP) is 2.61. The van der Waals surface area contributed by atoms with E-state index in [-0.39, 0.29) is 49.9 Å². The van der Waals surface area contributed by atoms with Gasteiger partial charge in [-0.3, -0.25) is 0 Å². The summed E-state index contributed by atoms with van der Waals surface area (Å²) in [5.41, 5.74) is 1.63. The molecule has 0 amide bonds. The average molecular weight is 435 g/mol. The standard InChI is InChI=1S/C16H24N2O2.Tb/c1-11-14(13(19)10-16(2,3)4)15(20)18(17-11)12-8-6-5-7-9-12;/h5-9,13-15,19-20H,10H2,1-4H3;. The molecule has 2 N–H and O–H groups in total. The van der Waals surface area contributed by atoms with Gasteiger partial charge in [0.15, 0.2) is 6.23 Å². The van der Waals surface area contributed by atoms with Crippen molar-refractivity contribution in [2.45, 2.75) is 46.4 Å². The number of para-hydroxylation sites is 1. The first kappa shape index (κ1) is 18.9. The Bertz CT molecular complexity index is 485. The third kappa shape index (κ3) is 4.68. The zero-order valence-electron chi connectivity index (χ0n) is 12.9. The van der Waals surface area contributed by atoms with Crippen LogP contribution in [0.1, 0.15) is 34.1 Å². The summed E-state index contributed by atoms with van der Waals surface area (Å²) in [6, 6.07) is 9.54. The summed E-state index contributed by atoms with van der Waals surface area (Å²) in [6.45, 7) is 8.11. The largest absolute Gasteiger partial charge is 0.392 e. The molecule has 1 aromatic rings. The van der Waals surface area contributed by atoms with Crippen LogP contribution in [-0.2, 0) is 0 Å². The van der Waals surface area contributed by atoms with Crippen molar-refractivity contribution in [3.8, 4) is 0 Å². The Labute approximate surface area is 157 Å². The van der Waals surface area contributed by atoms with E-state index in [2.05, 4.69) is 25.9 Å². The second-order valence-corrected chi connectivity index (χ2v) is 6.69. The molecule has 0 saturated carbocycles. The van der Waals surface area contributed by atoms with Gasteiger partial charge in [0.05, 0.1) is 17.7 Å². The van der Waals surface area contributed by atoms with Gasteiger partial charge in [-0.1, -0.05) is 39.0 Å². The van der Waals surface area contributed by atoms with Crippen LogP contribution in [0.4, 0.5) is 5.69 Å². The fraction of sp³-hybridized carbons (Fsp3) is 0.562. The molecule has 1 aliphatic rings. The van der Waals surface area contributed by atoms with E-state index in [4.69, 9.17) is 0 Å². The van der Waals surface area contributed by atoms with E-state index in [0.29, 0.717) is 6.42 Å². The van der Waals surface area contributed by atoms with Crippen LogP contribution in [-0.4, -0.2) is 28.3 Å². The second-order valence-electron chi connectivity index (χ2n) is 6.69. The molecule has 1 aliphatic heterocycles. The Balaban J connectivity index is 0.00000220. The number of hydrogen-bond acceptors (Lipinski definition) is 4. The van der Waals surface area contributed by atoms with E-state index in [1.54, 1.807) is 5.01 Å². The summed E-state index contributed by atoms with van der Waals surface area (Å²) in [7, 11) is 0. The smallest absolute Gasteiger partial charge is 0.158 e. The number of aliphatic hydroxyl groups is 2. The Morgan fingerprint density at radius 1 is 1.24 bits per heavy atom. The molecule has 2 rings (SSSR count). The molecule has 21 heavy (non-hydrogen) atoms. The Morgan fingerprint density at radius 2 is 1.81 bits per heavy atom. The van der Waals surface area contributed by atoms with Crippen molar-refractivity contribution in [3.63, 3.8) is 0 Å². The molecule has 1 heterocycles. The number of hydrogen-bond donors (Lipinski definition) is 2. The molecule has 1 radical (unpaired) electrons. The number of benzene rings is 1. The van der Waals surface area contributed by atoms with Crippen molar-refractivity contribution in [2.75, 3.05) is 5.01 Å². The first-order valence-electron chi connectivity index (χ1n) is 7.05. The fourth-order valence-corrected chi connectivity index (χ4v) is 2.69. The summed E-state index contributed by atoms with van der Waals surface area (Å²) < 4.78 is 0. The number of hydrazone groups is 1. The first-order chi connectivity index (χ1) is 9.29. The van der Waals surface area contributed by atoms with Gasteiger partial charge in [-0.05, 0) is 30.9 Å². The van der Waals surface area contributed by atoms with E-state index < -0.39 is 12.3 Å². The summed E-state index contributed by atoms with van der Waals surface area (Å²) in [4.78, 5) is 0. The SMILES string of the molecule is CC1=NN(c2ccccc2)C(O)C1C(O)CC(C)(C)C.[Tb]. The number of rotatable bonds is 3. The van der Waals surface area contributed by atoms with Gasteiger partial charge in [-0.25, -0.2) is 5.01 Å². The number of anilines is 1. The van der Waals surface area contributed by atoms with Crippen LogP contribution in [0.3, 0.4) is 0 Å². The molecule has 0 spiro atoms. The molecule has 0 aromatic heterocycles. The molecule has 0 saturated heterocycles. The average Bonchev–Trinajstić information content (AvgIpc) is 2.64. The van der Waals surface area contributed by atoms with Gasteiger partial charge in [-0.2, -0.15) is 5.10 Å². The van der Waals surface area contributed by atoms with E-state index in [9.17, 15) is 10.2 Å². The van der Waals surface area contributed by atoms with Gasteiger partial charge in [0.1, 0.15) is 0 Å². The van der Waals surface area contributed by atoms with Crippen molar-refractivity contribution in [1.29, 1.82) is 0 Å². The van der Waals surface area contributed by atoms with Crippen LogP contribution in [0.25, 0.3) is 0 Å². The van der Waals surface area contributed by atoms with Crippen molar-refractivity contribution >= 4 is 11.4 Å². The molecular formula is C16H24N2O2Tb. The van der Waals surface area contributed by atoms with E-state index in [1.165, 1.54) is 0 Å². The molecular weight excluding hydrogens is 411 g/mol. The molecule has 3 unspecified atom stereocenters. The van der Waals surface area contributed by atoms with Gasteiger partial charge in [0.2, 0.25) is 0 Å². The summed E-state index contributed by atoms with van der Waals surface area (Å²) >= 11 is 0. The maximum Gasteiger partial charge on any atom is 0.158 e.